The molecule has 0 aliphatic heterocycles. The van der Waals surface area contributed by atoms with Crippen LogP contribution in [-0.4, -0.2) is 25.2 Å². The summed E-state index contributed by atoms with van der Waals surface area (Å²) in [5.41, 5.74) is 1.32. The van der Waals surface area contributed by atoms with E-state index in [4.69, 9.17) is 4.74 Å². The molecule has 4 rings (SSSR count). The standard InChI is InChI=1S/C19H22N4O2/c1-19(10-6-3-7-11-19)25-13-15-12-16(24)23-18(20-15)21-17(22-23)14-8-4-2-5-9-14/h2,4-5,8-9,12H,3,6-7,10-11,13H2,1H3,(H,20,21,22). The Balaban J connectivity index is 1.60. The maximum absolute atomic E-state index is 12.4. The zero-order valence-electron chi connectivity index (χ0n) is 14.4. The first-order valence-corrected chi connectivity index (χ1v) is 8.81. The van der Waals surface area contributed by atoms with Crippen LogP contribution in [0.5, 0.6) is 0 Å². The smallest absolute Gasteiger partial charge is 0.275 e. The molecule has 1 N–H and O–H groups in total. The number of aromatic nitrogens is 4. The van der Waals surface area contributed by atoms with Crippen molar-refractivity contribution in [3.8, 4) is 11.4 Å². The lowest BCUT2D eigenvalue weighted by molar-refractivity contribution is -0.0677. The van der Waals surface area contributed by atoms with Gasteiger partial charge in [0.25, 0.3) is 5.56 Å². The third kappa shape index (κ3) is 3.35. The Morgan fingerprint density at radius 3 is 2.72 bits per heavy atom. The highest BCUT2D eigenvalue weighted by Gasteiger charge is 2.27. The minimum Gasteiger partial charge on any atom is -0.369 e. The Hall–Kier alpha value is -2.47. The molecule has 1 aliphatic rings. The average Bonchev–Trinajstić information content (AvgIpc) is 3.06. The van der Waals surface area contributed by atoms with E-state index in [1.807, 2.05) is 30.3 Å². The van der Waals surface area contributed by atoms with Gasteiger partial charge in [-0.15, -0.1) is 5.10 Å². The van der Waals surface area contributed by atoms with E-state index in [0.29, 0.717) is 18.2 Å². The molecule has 1 fully saturated rings. The molecule has 2 heterocycles. The van der Waals surface area contributed by atoms with Crippen molar-refractivity contribution in [1.82, 2.24) is 19.6 Å². The van der Waals surface area contributed by atoms with Gasteiger partial charge >= 0.3 is 0 Å². The van der Waals surface area contributed by atoms with Crippen LogP contribution < -0.4 is 5.56 Å². The van der Waals surface area contributed by atoms with E-state index in [1.165, 1.54) is 23.8 Å². The molecule has 3 aromatic rings. The van der Waals surface area contributed by atoms with Crippen LogP contribution >= 0.6 is 0 Å². The zero-order valence-corrected chi connectivity index (χ0v) is 14.4. The van der Waals surface area contributed by atoms with Crippen LogP contribution in [0.3, 0.4) is 0 Å². The maximum atomic E-state index is 12.4. The molecular formula is C19H22N4O2. The summed E-state index contributed by atoms with van der Waals surface area (Å²) in [6, 6.07) is 11.2. The molecule has 25 heavy (non-hydrogen) atoms. The van der Waals surface area contributed by atoms with Crippen molar-refractivity contribution in [2.24, 2.45) is 0 Å². The Morgan fingerprint density at radius 2 is 1.96 bits per heavy atom. The molecule has 6 heteroatoms. The van der Waals surface area contributed by atoms with Crippen molar-refractivity contribution in [1.29, 1.82) is 0 Å². The number of benzene rings is 1. The summed E-state index contributed by atoms with van der Waals surface area (Å²) >= 11 is 0. The third-order valence-electron chi connectivity index (χ3n) is 4.91. The first kappa shape index (κ1) is 16.0. The van der Waals surface area contributed by atoms with Crippen LogP contribution in [0.25, 0.3) is 17.2 Å². The molecule has 1 aromatic carbocycles. The Morgan fingerprint density at radius 1 is 1.20 bits per heavy atom. The summed E-state index contributed by atoms with van der Waals surface area (Å²) in [6.07, 6.45) is 5.84. The van der Waals surface area contributed by atoms with E-state index >= 15 is 0 Å². The average molecular weight is 338 g/mol. The number of aromatic amines is 1. The van der Waals surface area contributed by atoms with Crippen molar-refractivity contribution in [2.45, 2.75) is 51.2 Å². The lowest BCUT2D eigenvalue weighted by Crippen LogP contribution is -2.31. The number of fused-ring (bicyclic) bond motifs is 1. The van der Waals surface area contributed by atoms with E-state index in [-0.39, 0.29) is 11.2 Å². The van der Waals surface area contributed by atoms with Gasteiger partial charge in [0.05, 0.1) is 12.2 Å². The number of hydrogen-bond acceptors (Lipinski definition) is 4. The van der Waals surface area contributed by atoms with Crippen LogP contribution in [0.1, 0.15) is 44.7 Å². The molecule has 0 amide bonds. The van der Waals surface area contributed by atoms with Gasteiger partial charge in [-0.3, -0.25) is 4.79 Å². The molecule has 0 spiro atoms. The van der Waals surface area contributed by atoms with Gasteiger partial charge in [0.2, 0.25) is 5.78 Å². The molecule has 1 saturated carbocycles. The van der Waals surface area contributed by atoms with Crippen LogP contribution in [0.2, 0.25) is 0 Å². The lowest BCUT2D eigenvalue weighted by atomic mass is 9.86. The van der Waals surface area contributed by atoms with Gasteiger partial charge in [-0.1, -0.05) is 49.6 Å². The van der Waals surface area contributed by atoms with Gasteiger partial charge in [-0.05, 0) is 19.8 Å². The highest BCUT2D eigenvalue weighted by atomic mass is 16.5. The molecule has 0 atom stereocenters. The molecule has 0 bridgehead atoms. The maximum Gasteiger partial charge on any atom is 0.275 e. The van der Waals surface area contributed by atoms with Crippen molar-refractivity contribution in [3.63, 3.8) is 0 Å². The highest BCUT2D eigenvalue weighted by molar-refractivity contribution is 5.56. The van der Waals surface area contributed by atoms with Crippen molar-refractivity contribution in [3.05, 3.63) is 52.4 Å². The van der Waals surface area contributed by atoms with Crippen LogP contribution in [0.15, 0.2) is 41.2 Å². The van der Waals surface area contributed by atoms with Gasteiger partial charge < -0.3 is 9.72 Å². The molecule has 0 saturated heterocycles. The highest BCUT2D eigenvalue weighted by Crippen LogP contribution is 2.31. The minimum absolute atomic E-state index is 0.0931. The number of H-pyrrole nitrogens is 1. The van der Waals surface area contributed by atoms with Gasteiger partial charge in [0.1, 0.15) is 0 Å². The molecule has 1 aliphatic carbocycles. The molecule has 130 valence electrons. The zero-order chi connectivity index (χ0) is 17.3. The Kier molecular flexibility index (Phi) is 4.13. The fourth-order valence-electron chi connectivity index (χ4n) is 3.42. The van der Waals surface area contributed by atoms with Crippen LogP contribution in [-0.2, 0) is 11.3 Å². The molecule has 0 unspecified atom stereocenters. The molecule has 0 radical (unpaired) electrons. The van der Waals surface area contributed by atoms with Crippen LogP contribution in [0.4, 0.5) is 0 Å². The van der Waals surface area contributed by atoms with E-state index in [0.717, 1.165) is 24.1 Å². The topological polar surface area (TPSA) is 72.3 Å². The predicted molar refractivity (Wildman–Crippen MR) is 95.3 cm³/mol. The monoisotopic (exact) mass is 338 g/mol. The first-order valence-electron chi connectivity index (χ1n) is 8.81. The number of nitrogens with zero attached hydrogens (tertiary/aromatic N) is 3. The Bertz CT molecular complexity index is 923. The summed E-state index contributed by atoms with van der Waals surface area (Å²) in [6.45, 7) is 2.54. The summed E-state index contributed by atoms with van der Waals surface area (Å²) < 4.78 is 7.42. The van der Waals surface area contributed by atoms with Crippen molar-refractivity contribution in [2.75, 3.05) is 0 Å². The molecule has 6 nitrogen and oxygen atoms in total. The minimum atomic E-state index is -0.198. The van der Waals surface area contributed by atoms with Gasteiger partial charge in [0, 0.05) is 17.3 Å². The van der Waals surface area contributed by atoms with E-state index < -0.39 is 0 Å². The van der Waals surface area contributed by atoms with E-state index in [9.17, 15) is 4.79 Å². The SMILES string of the molecule is CC1(OCc2cc(=O)n3nc(-c4ccccc4)nc3[nH]2)CCCCC1. The number of hydrogen-bond donors (Lipinski definition) is 1. The van der Waals surface area contributed by atoms with E-state index in [2.05, 4.69) is 22.0 Å². The summed E-state index contributed by atoms with van der Waals surface area (Å²) in [4.78, 5) is 20.0. The second-order valence-corrected chi connectivity index (χ2v) is 6.97. The fraction of sp³-hybridized carbons (Fsp3) is 0.421. The van der Waals surface area contributed by atoms with Gasteiger partial charge in [0.15, 0.2) is 5.82 Å². The number of rotatable bonds is 4. The Labute approximate surface area is 145 Å². The largest absolute Gasteiger partial charge is 0.369 e. The third-order valence-corrected chi connectivity index (χ3v) is 4.91. The second-order valence-electron chi connectivity index (χ2n) is 6.97. The molecule has 2 aromatic heterocycles. The van der Waals surface area contributed by atoms with Crippen LogP contribution in [0, 0.1) is 0 Å². The fourth-order valence-corrected chi connectivity index (χ4v) is 3.42. The predicted octanol–water partition coefficient (Wildman–Crippen LogP) is 3.32. The lowest BCUT2D eigenvalue weighted by Gasteiger charge is -2.33. The molecular weight excluding hydrogens is 316 g/mol. The van der Waals surface area contributed by atoms with Crippen molar-refractivity contribution < 1.29 is 4.74 Å². The van der Waals surface area contributed by atoms with Gasteiger partial charge in [-0.25, -0.2) is 0 Å². The quantitative estimate of drug-likeness (QED) is 0.792. The first-order chi connectivity index (χ1) is 12.1. The van der Waals surface area contributed by atoms with E-state index in [1.54, 1.807) is 6.07 Å². The summed E-state index contributed by atoms with van der Waals surface area (Å²) in [5.74, 6) is 0.977. The normalized spacial score (nSPS) is 17.0. The second kappa shape index (κ2) is 6.44. The van der Waals surface area contributed by atoms with Crippen molar-refractivity contribution >= 4 is 5.78 Å². The van der Waals surface area contributed by atoms with Gasteiger partial charge in [-0.2, -0.15) is 9.50 Å². The number of ether oxygens (including phenoxy) is 1. The summed E-state index contributed by atoms with van der Waals surface area (Å²) in [5, 5.41) is 4.31. The number of nitrogens with one attached hydrogen (secondary N) is 1. The summed E-state index contributed by atoms with van der Waals surface area (Å²) in [7, 11) is 0.